The number of pyridine rings is 1. The number of hydrogen-bond acceptors (Lipinski definition) is 4. The molecule has 6 nitrogen and oxygen atoms in total. The quantitative estimate of drug-likeness (QED) is 0.575. The lowest BCUT2D eigenvalue weighted by Gasteiger charge is -2.18. The van der Waals surface area contributed by atoms with Crippen LogP contribution >= 0.6 is 0 Å². The molecular formula is C21H19F2N3O3. The van der Waals surface area contributed by atoms with Gasteiger partial charge in [0.15, 0.2) is 0 Å². The summed E-state index contributed by atoms with van der Waals surface area (Å²) in [6.07, 6.45) is 0.480. The molecule has 3 rings (SSSR count). The van der Waals surface area contributed by atoms with Gasteiger partial charge in [0, 0.05) is 11.4 Å². The third-order valence-corrected chi connectivity index (χ3v) is 4.33. The lowest BCUT2D eigenvalue weighted by atomic mass is 10.0. The molecule has 1 aromatic heterocycles. The fraction of sp³-hybridized carbons (Fsp3) is 0.190. The molecule has 0 aliphatic carbocycles. The Balaban J connectivity index is 1.57. The van der Waals surface area contributed by atoms with E-state index >= 15 is 0 Å². The predicted molar refractivity (Wildman–Crippen MR) is 104 cm³/mol. The molecule has 3 N–H and O–H groups in total. The maximum atomic E-state index is 13.6. The summed E-state index contributed by atoms with van der Waals surface area (Å²) in [4.78, 5) is 28.2. The Kier molecular flexibility index (Phi) is 6.13. The summed E-state index contributed by atoms with van der Waals surface area (Å²) in [6, 6.07) is 10.8. The van der Waals surface area contributed by atoms with Gasteiger partial charge in [-0.3, -0.25) is 14.6 Å². The number of nitrogens with one attached hydrogen (secondary N) is 2. The molecule has 3 aromatic rings. The highest BCUT2D eigenvalue weighted by molar-refractivity contribution is 6.39. The van der Waals surface area contributed by atoms with Crippen LogP contribution in [0.25, 0.3) is 10.9 Å². The lowest BCUT2D eigenvalue weighted by molar-refractivity contribution is -0.136. The van der Waals surface area contributed by atoms with Gasteiger partial charge in [0.2, 0.25) is 0 Å². The van der Waals surface area contributed by atoms with Crippen LogP contribution in [-0.4, -0.2) is 27.9 Å². The Bertz CT molecular complexity index is 1040. The average Bonchev–Trinajstić information content (AvgIpc) is 2.68. The normalized spacial score (nSPS) is 13.0. The summed E-state index contributed by atoms with van der Waals surface area (Å²) in [5.74, 6) is -2.69. The van der Waals surface area contributed by atoms with Gasteiger partial charge in [-0.15, -0.1) is 0 Å². The van der Waals surface area contributed by atoms with E-state index in [1.807, 2.05) is 0 Å². The van der Waals surface area contributed by atoms with Gasteiger partial charge in [-0.25, -0.2) is 8.78 Å². The first kappa shape index (κ1) is 20.3. The van der Waals surface area contributed by atoms with Crippen molar-refractivity contribution in [3.05, 3.63) is 71.9 Å². The van der Waals surface area contributed by atoms with E-state index in [1.54, 1.807) is 13.0 Å². The summed E-state index contributed by atoms with van der Waals surface area (Å²) in [7, 11) is 0. The molecule has 0 spiro atoms. The third-order valence-electron chi connectivity index (χ3n) is 4.33. The van der Waals surface area contributed by atoms with Crippen molar-refractivity contribution in [1.82, 2.24) is 10.3 Å². The molecule has 29 heavy (non-hydrogen) atoms. The van der Waals surface area contributed by atoms with E-state index in [2.05, 4.69) is 15.6 Å². The van der Waals surface area contributed by atoms with Gasteiger partial charge in [0.05, 0.1) is 18.0 Å². The van der Waals surface area contributed by atoms with E-state index in [1.165, 1.54) is 48.7 Å². The second kappa shape index (κ2) is 8.74. The Morgan fingerprint density at radius 2 is 1.83 bits per heavy atom. The summed E-state index contributed by atoms with van der Waals surface area (Å²) >= 11 is 0. The van der Waals surface area contributed by atoms with Crippen molar-refractivity contribution in [1.29, 1.82) is 0 Å². The van der Waals surface area contributed by atoms with E-state index in [4.69, 9.17) is 0 Å². The highest BCUT2D eigenvalue weighted by Gasteiger charge is 2.19. The fourth-order valence-corrected chi connectivity index (χ4v) is 2.88. The van der Waals surface area contributed by atoms with Crippen molar-refractivity contribution in [3.63, 3.8) is 0 Å². The molecule has 0 saturated carbocycles. The second-order valence-electron chi connectivity index (χ2n) is 6.67. The van der Waals surface area contributed by atoms with E-state index in [0.717, 1.165) is 0 Å². The van der Waals surface area contributed by atoms with Gasteiger partial charge in [0.25, 0.3) is 0 Å². The number of benzene rings is 2. The predicted octanol–water partition coefficient (Wildman–Crippen LogP) is 3.08. The zero-order chi connectivity index (χ0) is 21.0. The minimum Gasteiger partial charge on any atom is -0.388 e. The fourth-order valence-electron chi connectivity index (χ4n) is 2.88. The molecule has 2 amide bonds. The minimum absolute atomic E-state index is 0.140. The number of para-hydroxylation sites is 1. The third kappa shape index (κ3) is 5.11. The van der Waals surface area contributed by atoms with Crippen LogP contribution in [0.4, 0.5) is 14.5 Å². The van der Waals surface area contributed by atoms with E-state index in [9.17, 15) is 23.5 Å². The number of aliphatic hydroxyl groups is 1. The number of nitrogens with zero attached hydrogens (tertiary/aromatic N) is 1. The smallest absolute Gasteiger partial charge is 0.313 e. The van der Waals surface area contributed by atoms with Crippen molar-refractivity contribution in [2.45, 2.75) is 25.5 Å². The van der Waals surface area contributed by atoms with Crippen LogP contribution in [-0.2, 0) is 9.59 Å². The van der Waals surface area contributed by atoms with Gasteiger partial charge in [0.1, 0.15) is 17.2 Å². The van der Waals surface area contributed by atoms with Crippen molar-refractivity contribution in [2.75, 3.05) is 5.32 Å². The second-order valence-corrected chi connectivity index (χ2v) is 6.67. The molecule has 1 heterocycles. The van der Waals surface area contributed by atoms with E-state index < -0.39 is 35.6 Å². The molecule has 2 unspecified atom stereocenters. The summed E-state index contributed by atoms with van der Waals surface area (Å²) in [5, 5.41) is 15.6. The van der Waals surface area contributed by atoms with Crippen LogP contribution in [0.5, 0.6) is 0 Å². The maximum absolute atomic E-state index is 13.6. The number of anilines is 1. The Hall–Kier alpha value is -3.39. The van der Waals surface area contributed by atoms with E-state index in [-0.39, 0.29) is 17.6 Å². The number of aliphatic hydroxyl groups excluding tert-OH is 1. The van der Waals surface area contributed by atoms with Crippen molar-refractivity contribution >= 4 is 28.4 Å². The van der Waals surface area contributed by atoms with Crippen molar-refractivity contribution in [2.24, 2.45) is 0 Å². The van der Waals surface area contributed by atoms with Gasteiger partial charge in [-0.2, -0.15) is 0 Å². The van der Waals surface area contributed by atoms with Gasteiger partial charge in [-0.05, 0) is 43.2 Å². The van der Waals surface area contributed by atoms with Crippen LogP contribution in [0.1, 0.15) is 25.0 Å². The largest absolute Gasteiger partial charge is 0.388 e. The molecule has 0 aliphatic heterocycles. The highest BCUT2D eigenvalue weighted by Crippen LogP contribution is 2.20. The first-order chi connectivity index (χ1) is 13.8. The first-order valence-corrected chi connectivity index (χ1v) is 8.93. The Labute approximate surface area is 165 Å². The average molecular weight is 399 g/mol. The number of amides is 2. The standard InChI is InChI=1S/C21H19F2N3O3/c1-12(9-18(27)13-5-7-15(22)8-6-13)25-20(28)21(29)26-16-10-14-3-2-4-17(23)19(14)24-11-16/h2-8,10-12,18,27H,9H2,1H3,(H,25,28)(H,26,29). The molecule has 2 atom stereocenters. The Morgan fingerprint density at radius 3 is 2.55 bits per heavy atom. The monoisotopic (exact) mass is 399 g/mol. The van der Waals surface area contributed by atoms with Crippen LogP contribution in [0.15, 0.2) is 54.7 Å². The first-order valence-electron chi connectivity index (χ1n) is 8.93. The molecule has 0 fully saturated rings. The van der Waals surface area contributed by atoms with E-state index in [0.29, 0.717) is 10.9 Å². The number of carbonyl (C=O) groups is 2. The summed E-state index contributed by atoms with van der Waals surface area (Å²) in [5.41, 5.74) is 0.923. The molecule has 0 saturated heterocycles. The zero-order valence-corrected chi connectivity index (χ0v) is 15.5. The Morgan fingerprint density at radius 1 is 1.10 bits per heavy atom. The molecule has 2 aromatic carbocycles. The number of hydrogen-bond donors (Lipinski definition) is 3. The lowest BCUT2D eigenvalue weighted by Crippen LogP contribution is -2.41. The summed E-state index contributed by atoms with van der Waals surface area (Å²) < 4.78 is 26.6. The zero-order valence-electron chi connectivity index (χ0n) is 15.5. The number of fused-ring (bicyclic) bond motifs is 1. The van der Waals surface area contributed by atoms with Gasteiger partial charge >= 0.3 is 11.8 Å². The summed E-state index contributed by atoms with van der Waals surface area (Å²) in [6.45, 7) is 1.64. The minimum atomic E-state index is -0.923. The SMILES string of the molecule is CC(CC(O)c1ccc(F)cc1)NC(=O)C(=O)Nc1cnc2c(F)cccc2c1. The number of rotatable bonds is 5. The molecule has 150 valence electrons. The molecule has 0 bridgehead atoms. The number of carbonyl (C=O) groups excluding carboxylic acids is 2. The van der Waals surface area contributed by atoms with Gasteiger partial charge < -0.3 is 15.7 Å². The maximum Gasteiger partial charge on any atom is 0.313 e. The molecular weight excluding hydrogens is 380 g/mol. The number of aromatic nitrogens is 1. The molecule has 0 aliphatic rings. The van der Waals surface area contributed by atoms with Crippen LogP contribution < -0.4 is 10.6 Å². The number of halogens is 2. The molecule has 8 heteroatoms. The van der Waals surface area contributed by atoms with Crippen LogP contribution in [0.2, 0.25) is 0 Å². The highest BCUT2D eigenvalue weighted by atomic mass is 19.1. The van der Waals surface area contributed by atoms with Crippen molar-refractivity contribution in [3.8, 4) is 0 Å². The molecule has 0 radical (unpaired) electrons. The van der Waals surface area contributed by atoms with Crippen LogP contribution in [0, 0.1) is 11.6 Å². The van der Waals surface area contributed by atoms with Gasteiger partial charge in [-0.1, -0.05) is 24.3 Å². The van der Waals surface area contributed by atoms with Crippen molar-refractivity contribution < 1.29 is 23.5 Å². The van der Waals surface area contributed by atoms with Crippen LogP contribution in [0.3, 0.4) is 0 Å². The topological polar surface area (TPSA) is 91.3 Å².